The standard InChI is InChI=1S/C14H22FNO4S/c1-11(2)5-7-20-8-6-16-21(18,19)14-4-3-12(10-17)9-13(14)15/h3-4,9,11,16-17H,5-8,10H2,1-2H3. The first-order valence-electron chi connectivity index (χ1n) is 6.83. The lowest BCUT2D eigenvalue weighted by Gasteiger charge is -2.09. The molecule has 1 rings (SSSR count). The number of halogens is 1. The summed E-state index contributed by atoms with van der Waals surface area (Å²) in [7, 11) is -3.91. The smallest absolute Gasteiger partial charge is 0.243 e. The van der Waals surface area contributed by atoms with Crippen molar-refractivity contribution in [3.8, 4) is 0 Å². The van der Waals surface area contributed by atoms with Gasteiger partial charge in [-0.3, -0.25) is 0 Å². The zero-order valence-electron chi connectivity index (χ0n) is 12.3. The van der Waals surface area contributed by atoms with Gasteiger partial charge in [0, 0.05) is 13.2 Å². The number of benzene rings is 1. The molecule has 0 saturated heterocycles. The van der Waals surface area contributed by atoms with Crippen LogP contribution < -0.4 is 4.72 Å². The Kier molecular flexibility index (Phi) is 7.24. The molecule has 7 heteroatoms. The van der Waals surface area contributed by atoms with Gasteiger partial charge in [0.25, 0.3) is 0 Å². The molecule has 0 spiro atoms. The zero-order chi connectivity index (χ0) is 15.9. The van der Waals surface area contributed by atoms with Crippen molar-refractivity contribution in [2.75, 3.05) is 19.8 Å². The van der Waals surface area contributed by atoms with Crippen molar-refractivity contribution in [2.24, 2.45) is 5.92 Å². The SMILES string of the molecule is CC(C)CCOCCNS(=O)(=O)c1ccc(CO)cc1F. The van der Waals surface area contributed by atoms with E-state index in [0.717, 1.165) is 18.6 Å². The Labute approximate surface area is 125 Å². The van der Waals surface area contributed by atoms with Gasteiger partial charge in [-0.1, -0.05) is 19.9 Å². The van der Waals surface area contributed by atoms with E-state index in [2.05, 4.69) is 18.6 Å². The van der Waals surface area contributed by atoms with E-state index in [1.54, 1.807) is 0 Å². The molecule has 120 valence electrons. The minimum Gasteiger partial charge on any atom is -0.392 e. The summed E-state index contributed by atoms with van der Waals surface area (Å²) in [5.41, 5.74) is 0.323. The third-order valence-corrected chi connectivity index (χ3v) is 4.34. The Balaban J connectivity index is 2.50. The number of sulfonamides is 1. The van der Waals surface area contributed by atoms with E-state index >= 15 is 0 Å². The van der Waals surface area contributed by atoms with Crippen LogP contribution in [0.25, 0.3) is 0 Å². The summed E-state index contributed by atoms with van der Waals surface area (Å²) in [6.45, 7) is 4.70. The predicted molar refractivity (Wildman–Crippen MR) is 77.8 cm³/mol. The molecule has 0 saturated carbocycles. The molecule has 0 atom stereocenters. The molecule has 0 radical (unpaired) electrons. The highest BCUT2D eigenvalue weighted by molar-refractivity contribution is 7.89. The van der Waals surface area contributed by atoms with E-state index in [1.807, 2.05) is 0 Å². The number of ether oxygens (including phenoxy) is 1. The Morgan fingerprint density at radius 3 is 2.62 bits per heavy atom. The molecule has 0 aromatic heterocycles. The van der Waals surface area contributed by atoms with Gasteiger partial charge in [0.15, 0.2) is 0 Å². The van der Waals surface area contributed by atoms with E-state index in [1.165, 1.54) is 6.07 Å². The topological polar surface area (TPSA) is 75.6 Å². The second kappa shape index (κ2) is 8.43. The second-order valence-electron chi connectivity index (χ2n) is 5.12. The summed E-state index contributed by atoms with van der Waals surface area (Å²) in [6.07, 6.45) is 0.907. The highest BCUT2D eigenvalue weighted by Gasteiger charge is 2.18. The first kappa shape index (κ1) is 18.0. The fourth-order valence-corrected chi connectivity index (χ4v) is 2.68. The maximum absolute atomic E-state index is 13.7. The largest absolute Gasteiger partial charge is 0.392 e. The average Bonchev–Trinajstić information content (AvgIpc) is 2.41. The third-order valence-electron chi connectivity index (χ3n) is 2.85. The quantitative estimate of drug-likeness (QED) is 0.679. The Hall–Kier alpha value is -1.02. The number of nitrogens with one attached hydrogen (secondary N) is 1. The van der Waals surface area contributed by atoms with E-state index < -0.39 is 20.7 Å². The van der Waals surface area contributed by atoms with Crippen molar-refractivity contribution < 1.29 is 22.7 Å². The van der Waals surface area contributed by atoms with E-state index in [4.69, 9.17) is 9.84 Å². The van der Waals surface area contributed by atoms with Gasteiger partial charge in [0.2, 0.25) is 10.0 Å². The molecule has 0 aliphatic heterocycles. The van der Waals surface area contributed by atoms with Crippen LogP contribution in [0.15, 0.2) is 23.1 Å². The molecule has 0 fully saturated rings. The maximum Gasteiger partial charge on any atom is 0.243 e. The van der Waals surface area contributed by atoms with Crippen LogP contribution in [0.1, 0.15) is 25.8 Å². The van der Waals surface area contributed by atoms with Gasteiger partial charge >= 0.3 is 0 Å². The molecule has 0 aliphatic rings. The van der Waals surface area contributed by atoms with Crippen molar-refractivity contribution in [1.29, 1.82) is 0 Å². The Bertz CT molecular complexity index is 546. The number of rotatable bonds is 9. The normalized spacial score (nSPS) is 12.0. The molecule has 21 heavy (non-hydrogen) atoms. The molecular formula is C14H22FNO4S. The predicted octanol–water partition coefficient (Wildman–Crippen LogP) is 1.66. The first-order valence-corrected chi connectivity index (χ1v) is 8.32. The van der Waals surface area contributed by atoms with Crippen molar-refractivity contribution in [2.45, 2.75) is 31.8 Å². The maximum atomic E-state index is 13.7. The molecule has 1 aromatic carbocycles. The lowest BCUT2D eigenvalue weighted by atomic mass is 10.1. The van der Waals surface area contributed by atoms with Gasteiger partial charge in [0.1, 0.15) is 10.7 Å². The van der Waals surface area contributed by atoms with Crippen molar-refractivity contribution in [1.82, 2.24) is 4.72 Å². The molecule has 1 aromatic rings. The first-order chi connectivity index (χ1) is 9.86. The molecule has 0 bridgehead atoms. The minimum absolute atomic E-state index is 0.0849. The molecule has 5 nitrogen and oxygen atoms in total. The fourth-order valence-electron chi connectivity index (χ4n) is 1.61. The number of hydrogen-bond acceptors (Lipinski definition) is 4. The Morgan fingerprint density at radius 1 is 1.33 bits per heavy atom. The van der Waals surface area contributed by atoms with Gasteiger partial charge < -0.3 is 9.84 Å². The third kappa shape index (κ3) is 6.09. The van der Waals surface area contributed by atoms with Gasteiger partial charge in [0.05, 0.1) is 13.2 Å². The van der Waals surface area contributed by atoms with Crippen LogP contribution in [0, 0.1) is 11.7 Å². The van der Waals surface area contributed by atoms with Crippen molar-refractivity contribution in [3.63, 3.8) is 0 Å². The fraction of sp³-hybridized carbons (Fsp3) is 0.571. The molecule has 0 amide bonds. The number of hydrogen-bond donors (Lipinski definition) is 2. The van der Waals surface area contributed by atoms with Crippen LogP contribution in [0.2, 0.25) is 0 Å². The highest BCUT2D eigenvalue weighted by atomic mass is 32.2. The highest BCUT2D eigenvalue weighted by Crippen LogP contribution is 2.15. The molecule has 2 N–H and O–H groups in total. The minimum atomic E-state index is -3.91. The summed E-state index contributed by atoms with van der Waals surface area (Å²) >= 11 is 0. The summed E-state index contributed by atoms with van der Waals surface area (Å²) < 4.78 is 45.1. The summed E-state index contributed by atoms with van der Waals surface area (Å²) in [5.74, 6) is -0.351. The molecule has 0 unspecified atom stereocenters. The van der Waals surface area contributed by atoms with Crippen LogP contribution >= 0.6 is 0 Å². The summed E-state index contributed by atoms with van der Waals surface area (Å²) in [5, 5.41) is 8.87. The van der Waals surface area contributed by atoms with Crippen LogP contribution in [0.4, 0.5) is 4.39 Å². The van der Waals surface area contributed by atoms with Gasteiger partial charge in [-0.25, -0.2) is 17.5 Å². The summed E-state index contributed by atoms with van der Waals surface area (Å²) in [4.78, 5) is -0.429. The van der Waals surface area contributed by atoms with E-state index in [0.29, 0.717) is 18.1 Å². The molecule has 0 heterocycles. The summed E-state index contributed by atoms with van der Waals surface area (Å²) in [6, 6.07) is 3.52. The molecule has 0 aliphatic carbocycles. The second-order valence-corrected chi connectivity index (χ2v) is 6.85. The van der Waals surface area contributed by atoms with Crippen LogP contribution in [0.3, 0.4) is 0 Å². The van der Waals surface area contributed by atoms with E-state index in [9.17, 15) is 12.8 Å². The lowest BCUT2D eigenvalue weighted by Crippen LogP contribution is -2.28. The molecular weight excluding hydrogens is 297 g/mol. The van der Waals surface area contributed by atoms with Crippen molar-refractivity contribution >= 4 is 10.0 Å². The van der Waals surface area contributed by atoms with Crippen LogP contribution in [0.5, 0.6) is 0 Å². The van der Waals surface area contributed by atoms with Gasteiger partial charge in [-0.15, -0.1) is 0 Å². The van der Waals surface area contributed by atoms with Crippen LogP contribution in [-0.4, -0.2) is 33.3 Å². The average molecular weight is 319 g/mol. The van der Waals surface area contributed by atoms with Crippen molar-refractivity contribution in [3.05, 3.63) is 29.6 Å². The van der Waals surface area contributed by atoms with Crippen LogP contribution in [-0.2, 0) is 21.4 Å². The van der Waals surface area contributed by atoms with Gasteiger partial charge in [-0.2, -0.15) is 0 Å². The number of aliphatic hydroxyl groups is 1. The van der Waals surface area contributed by atoms with Gasteiger partial charge in [-0.05, 0) is 30.0 Å². The lowest BCUT2D eigenvalue weighted by molar-refractivity contribution is 0.128. The Morgan fingerprint density at radius 2 is 2.05 bits per heavy atom. The van der Waals surface area contributed by atoms with E-state index in [-0.39, 0.29) is 19.8 Å². The zero-order valence-corrected chi connectivity index (χ0v) is 13.1. The number of aliphatic hydroxyl groups excluding tert-OH is 1. The monoisotopic (exact) mass is 319 g/mol.